The second-order valence-electron chi connectivity index (χ2n) is 4.97. The third-order valence-electron chi connectivity index (χ3n) is 3.13. The van der Waals surface area contributed by atoms with Crippen molar-refractivity contribution >= 4 is 0 Å². The van der Waals surface area contributed by atoms with Gasteiger partial charge in [0.15, 0.2) is 0 Å². The highest BCUT2D eigenvalue weighted by molar-refractivity contribution is 5.34. The first-order chi connectivity index (χ1) is 11.9. The molecular weight excluding hydrogens is 304 g/mol. The number of aromatic nitrogens is 2. The molecule has 0 amide bonds. The summed E-state index contributed by atoms with van der Waals surface area (Å²) in [6.45, 7) is 1.18. The van der Waals surface area contributed by atoms with Crippen molar-refractivity contribution in [1.29, 1.82) is 0 Å². The van der Waals surface area contributed by atoms with Crippen LogP contribution in [0.25, 0.3) is 0 Å². The molecule has 0 saturated carbocycles. The van der Waals surface area contributed by atoms with E-state index in [0.29, 0.717) is 25.0 Å². The Balaban J connectivity index is 1.43. The maximum atomic E-state index is 5.72. The zero-order chi connectivity index (χ0) is 16.5. The van der Waals surface area contributed by atoms with Crippen LogP contribution in [0.15, 0.2) is 73.1 Å². The Hall–Kier alpha value is -3.08. The van der Waals surface area contributed by atoms with Gasteiger partial charge in [0, 0.05) is 24.9 Å². The van der Waals surface area contributed by atoms with Crippen molar-refractivity contribution in [3.05, 3.63) is 73.1 Å². The molecule has 0 bridgehead atoms. The molecule has 0 saturated heterocycles. The van der Waals surface area contributed by atoms with Gasteiger partial charge in [-0.3, -0.25) is 0 Å². The lowest BCUT2D eigenvalue weighted by molar-refractivity contribution is 0.247. The fourth-order valence-corrected chi connectivity index (χ4v) is 2.03. The van der Waals surface area contributed by atoms with Crippen molar-refractivity contribution in [2.45, 2.75) is 6.42 Å². The highest BCUT2D eigenvalue weighted by Gasteiger charge is 2.01. The van der Waals surface area contributed by atoms with E-state index in [2.05, 4.69) is 9.97 Å². The Kier molecular flexibility index (Phi) is 5.61. The summed E-state index contributed by atoms with van der Waals surface area (Å²) in [5, 5.41) is 0. The average molecular weight is 322 g/mol. The van der Waals surface area contributed by atoms with Crippen LogP contribution >= 0.6 is 0 Å². The molecular formula is C19H18N2O3. The van der Waals surface area contributed by atoms with Crippen molar-refractivity contribution in [2.75, 3.05) is 13.2 Å². The highest BCUT2D eigenvalue weighted by Crippen LogP contribution is 2.22. The molecule has 2 aromatic carbocycles. The monoisotopic (exact) mass is 322 g/mol. The molecule has 0 aliphatic carbocycles. The Bertz CT molecular complexity index is 736. The molecule has 0 unspecified atom stereocenters. The molecule has 3 rings (SSSR count). The molecule has 3 aromatic rings. The SMILES string of the molecule is c1ccc(OCCCOc2cccc(Oc3ncccn3)c2)cc1. The van der Waals surface area contributed by atoms with Gasteiger partial charge in [-0.25, -0.2) is 9.97 Å². The van der Waals surface area contributed by atoms with Gasteiger partial charge < -0.3 is 14.2 Å². The van der Waals surface area contributed by atoms with E-state index in [4.69, 9.17) is 14.2 Å². The topological polar surface area (TPSA) is 53.5 Å². The Morgan fingerprint density at radius 3 is 2.12 bits per heavy atom. The summed E-state index contributed by atoms with van der Waals surface area (Å²) < 4.78 is 16.9. The second-order valence-corrected chi connectivity index (χ2v) is 4.97. The van der Waals surface area contributed by atoms with Gasteiger partial charge in [0.25, 0.3) is 0 Å². The summed E-state index contributed by atoms with van der Waals surface area (Å²) in [7, 11) is 0. The van der Waals surface area contributed by atoms with Crippen molar-refractivity contribution in [2.24, 2.45) is 0 Å². The molecule has 0 radical (unpaired) electrons. The van der Waals surface area contributed by atoms with Gasteiger partial charge in [-0.15, -0.1) is 0 Å². The summed E-state index contributed by atoms with van der Waals surface area (Å²) in [6, 6.07) is 19.2. The summed E-state index contributed by atoms with van der Waals surface area (Å²) in [5.74, 6) is 2.25. The van der Waals surface area contributed by atoms with Crippen LogP contribution in [-0.4, -0.2) is 23.2 Å². The smallest absolute Gasteiger partial charge is 0.321 e. The highest BCUT2D eigenvalue weighted by atomic mass is 16.5. The first-order valence-electron chi connectivity index (χ1n) is 7.76. The van der Waals surface area contributed by atoms with Gasteiger partial charge in [0.1, 0.15) is 17.2 Å². The van der Waals surface area contributed by atoms with E-state index in [9.17, 15) is 0 Å². The molecule has 24 heavy (non-hydrogen) atoms. The first kappa shape index (κ1) is 15.8. The van der Waals surface area contributed by atoms with Crippen LogP contribution in [0.3, 0.4) is 0 Å². The van der Waals surface area contributed by atoms with E-state index in [0.717, 1.165) is 17.9 Å². The predicted molar refractivity (Wildman–Crippen MR) is 90.6 cm³/mol. The zero-order valence-electron chi connectivity index (χ0n) is 13.2. The number of para-hydroxylation sites is 1. The van der Waals surface area contributed by atoms with Crippen molar-refractivity contribution in [3.63, 3.8) is 0 Å². The molecule has 5 heteroatoms. The van der Waals surface area contributed by atoms with Crippen LogP contribution in [0.4, 0.5) is 0 Å². The Morgan fingerprint density at radius 2 is 1.33 bits per heavy atom. The lowest BCUT2D eigenvalue weighted by Gasteiger charge is -2.09. The first-order valence-corrected chi connectivity index (χ1v) is 7.76. The number of ether oxygens (including phenoxy) is 3. The lowest BCUT2D eigenvalue weighted by Crippen LogP contribution is -2.05. The Morgan fingerprint density at radius 1 is 0.667 bits per heavy atom. The van der Waals surface area contributed by atoms with Gasteiger partial charge in [-0.2, -0.15) is 0 Å². The standard InChI is InChI=1S/C19H18N2O3/c1-2-7-16(8-3-1)22-13-6-14-23-17-9-4-10-18(15-17)24-19-20-11-5-12-21-19/h1-5,7-12,15H,6,13-14H2. The van der Waals surface area contributed by atoms with Gasteiger partial charge in [0.2, 0.25) is 0 Å². The van der Waals surface area contributed by atoms with Crippen molar-refractivity contribution in [3.8, 4) is 23.3 Å². The van der Waals surface area contributed by atoms with E-state index >= 15 is 0 Å². The van der Waals surface area contributed by atoms with Crippen molar-refractivity contribution in [1.82, 2.24) is 9.97 Å². The summed E-state index contributed by atoms with van der Waals surface area (Å²) in [4.78, 5) is 8.06. The number of nitrogens with zero attached hydrogens (tertiary/aromatic N) is 2. The minimum Gasteiger partial charge on any atom is -0.493 e. The molecule has 0 N–H and O–H groups in total. The van der Waals surface area contributed by atoms with Gasteiger partial charge in [0.05, 0.1) is 13.2 Å². The van der Waals surface area contributed by atoms with Gasteiger partial charge in [-0.05, 0) is 30.3 Å². The van der Waals surface area contributed by atoms with Crippen LogP contribution in [0.5, 0.6) is 23.3 Å². The van der Waals surface area contributed by atoms with Crippen LogP contribution in [-0.2, 0) is 0 Å². The minimum atomic E-state index is 0.311. The second kappa shape index (κ2) is 8.53. The molecule has 1 aromatic heterocycles. The van der Waals surface area contributed by atoms with Gasteiger partial charge >= 0.3 is 6.01 Å². The summed E-state index contributed by atoms with van der Waals surface area (Å²) in [5.41, 5.74) is 0. The molecule has 0 aliphatic rings. The van der Waals surface area contributed by atoms with E-state index in [1.54, 1.807) is 18.5 Å². The van der Waals surface area contributed by atoms with E-state index in [1.807, 2.05) is 54.6 Å². The molecule has 0 atom stereocenters. The maximum absolute atomic E-state index is 5.72. The average Bonchev–Trinajstić information content (AvgIpc) is 2.63. The number of benzene rings is 2. The van der Waals surface area contributed by atoms with E-state index in [-0.39, 0.29) is 0 Å². The van der Waals surface area contributed by atoms with Crippen LogP contribution in [0, 0.1) is 0 Å². The van der Waals surface area contributed by atoms with E-state index < -0.39 is 0 Å². The quantitative estimate of drug-likeness (QED) is 0.584. The molecule has 1 heterocycles. The van der Waals surface area contributed by atoms with E-state index in [1.165, 1.54) is 0 Å². The molecule has 0 aliphatic heterocycles. The fourth-order valence-electron chi connectivity index (χ4n) is 2.03. The lowest BCUT2D eigenvalue weighted by atomic mass is 10.3. The number of hydrogen-bond donors (Lipinski definition) is 0. The fraction of sp³-hybridized carbons (Fsp3) is 0.158. The third-order valence-corrected chi connectivity index (χ3v) is 3.13. The normalized spacial score (nSPS) is 10.2. The molecule has 0 fully saturated rings. The Labute approximate surface area is 140 Å². The number of rotatable bonds is 8. The molecule has 5 nitrogen and oxygen atoms in total. The summed E-state index contributed by atoms with van der Waals surface area (Å²) in [6.07, 6.45) is 4.06. The zero-order valence-corrected chi connectivity index (χ0v) is 13.2. The van der Waals surface area contributed by atoms with Gasteiger partial charge in [-0.1, -0.05) is 24.3 Å². The molecule has 122 valence electrons. The largest absolute Gasteiger partial charge is 0.493 e. The van der Waals surface area contributed by atoms with Crippen LogP contribution in [0.2, 0.25) is 0 Å². The maximum Gasteiger partial charge on any atom is 0.321 e. The predicted octanol–water partition coefficient (Wildman–Crippen LogP) is 4.12. The van der Waals surface area contributed by atoms with Crippen molar-refractivity contribution < 1.29 is 14.2 Å². The number of hydrogen-bond acceptors (Lipinski definition) is 5. The van der Waals surface area contributed by atoms with Crippen LogP contribution < -0.4 is 14.2 Å². The van der Waals surface area contributed by atoms with Crippen LogP contribution in [0.1, 0.15) is 6.42 Å². The summed E-state index contributed by atoms with van der Waals surface area (Å²) >= 11 is 0. The third kappa shape index (κ3) is 4.98. The minimum absolute atomic E-state index is 0.311. The molecule has 0 spiro atoms.